The molecule has 3 heterocycles. The number of nitrogens with zero attached hydrogens (tertiary/aromatic N) is 6. The Kier molecular flexibility index (Phi) is 7.52. The van der Waals surface area contributed by atoms with Crippen LogP contribution in [0, 0.1) is 5.92 Å². The molecular weight excluding hydrogens is 405 g/mol. The van der Waals surface area contributed by atoms with E-state index in [1.807, 2.05) is 10.7 Å². The Morgan fingerprint density at radius 2 is 1.86 bits per heavy atom. The van der Waals surface area contributed by atoms with E-state index >= 15 is 0 Å². The zero-order chi connectivity index (χ0) is 20.7. The van der Waals surface area contributed by atoms with Crippen molar-refractivity contribution in [2.75, 3.05) is 18.0 Å². The minimum absolute atomic E-state index is 0.0618. The summed E-state index contributed by atoms with van der Waals surface area (Å²) in [5, 5.41) is 32.4. The van der Waals surface area contributed by atoms with Crippen LogP contribution in [0.4, 0.5) is 19.0 Å². The summed E-state index contributed by atoms with van der Waals surface area (Å²) in [6.45, 7) is 2.67. The molecule has 0 radical (unpaired) electrons. The van der Waals surface area contributed by atoms with Gasteiger partial charge in [-0.05, 0) is 30.9 Å². The summed E-state index contributed by atoms with van der Waals surface area (Å²) in [7, 11) is 0. The highest BCUT2D eigenvalue weighted by Crippen LogP contribution is 2.23. The smallest absolute Gasteiger partial charge is 0.475 e. The van der Waals surface area contributed by atoms with Gasteiger partial charge in [0.25, 0.3) is 0 Å². The number of piperidine rings is 1. The molecule has 0 bridgehead atoms. The lowest BCUT2D eigenvalue weighted by Gasteiger charge is -2.32. The third-order valence-electron chi connectivity index (χ3n) is 3.99. The number of aromatic nitrogens is 5. The fourth-order valence-electron chi connectivity index (χ4n) is 2.59. The van der Waals surface area contributed by atoms with Gasteiger partial charge in [0.15, 0.2) is 11.0 Å². The second-order valence-corrected chi connectivity index (χ2v) is 6.42. The number of carbonyl (C=O) groups is 1. The molecule has 9 nitrogen and oxygen atoms in total. The maximum atomic E-state index is 10.6. The number of alkyl halides is 3. The Morgan fingerprint density at radius 1 is 1.21 bits per heavy atom. The van der Waals surface area contributed by atoms with E-state index in [-0.39, 0.29) is 6.61 Å². The molecule has 154 valence electrons. The van der Waals surface area contributed by atoms with E-state index in [9.17, 15) is 13.2 Å². The number of anilines is 1. The minimum atomic E-state index is -5.08. The van der Waals surface area contributed by atoms with E-state index in [4.69, 9.17) is 26.6 Å². The van der Waals surface area contributed by atoms with E-state index in [1.165, 1.54) is 0 Å². The van der Waals surface area contributed by atoms with E-state index in [1.54, 1.807) is 12.3 Å². The van der Waals surface area contributed by atoms with Gasteiger partial charge in [-0.3, -0.25) is 4.68 Å². The second-order valence-electron chi connectivity index (χ2n) is 6.04. The van der Waals surface area contributed by atoms with Crippen LogP contribution in [0.15, 0.2) is 18.3 Å². The highest BCUT2D eigenvalue weighted by atomic mass is 35.5. The monoisotopic (exact) mass is 422 g/mol. The summed E-state index contributed by atoms with van der Waals surface area (Å²) in [5.74, 6) is -1.32. The first-order chi connectivity index (χ1) is 13.2. The number of aliphatic carboxylic acids is 1. The standard InChI is InChI=1S/C13H17ClN6O.C2HF3O2/c14-12-1-2-13(17-16-12)19-5-3-10(4-6-19)7-20-8-11(9-21)15-18-20;3-2(4,5)1(6)7/h1-2,8,10,21H,3-7,9H2;(H,6,7). The summed E-state index contributed by atoms with van der Waals surface area (Å²) in [6.07, 6.45) is -1.14. The molecule has 2 aromatic heterocycles. The first-order valence-electron chi connectivity index (χ1n) is 8.23. The third-order valence-corrected chi connectivity index (χ3v) is 4.19. The highest BCUT2D eigenvalue weighted by Gasteiger charge is 2.38. The van der Waals surface area contributed by atoms with Crippen molar-refractivity contribution >= 4 is 23.4 Å². The lowest BCUT2D eigenvalue weighted by Crippen LogP contribution is -2.35. The summed E-state index contributed by atoms with van der Waals surface area (Å²) in [6, 6.07) is 3.67. The van der Waals surface area contributed by atoms with Crippen LogP contribution in [0.25, 0.3) is 0 Å². The van der Waals surface area contributed by atoms with Gasteiger partial charge in [-0.25, -0.2) is 4.79 Å². The summed E-state index contributed by atoms with van der Waals surface area (Å²) < 4.78 is 33.5. The van der Waals surface area contributed by atoms with Crippen LogP contribution in [-0.4, -0.2) is 60.6 Å². The molecule has 13 heteroatoms. The van der Waals surface area contributed by atoms with Gasteiger partial charge in [-0.2, -0.15) is 13.2 Å². The number of hydrogen-bond donors (Lipinski definition) is 2. The number of carboxylic acid groups (broad SMARTS) is 1. The normalized spacial score (nSPS) is 15.1. The Bertz CT molecular complexity index is 763. The average Bonchev–Trinajstić information content (AvgIpc) is 3.10. The molecule has 0 unspecified atom stereocenters. The van der Waals surface area contributed by atoms with Crippen LogP contribution in [0.2, 0.25) is 5.15 Å². The van der Waals surface area contributed by atoms with Crippen molar-refractivity contribution in [3.63, 3.8) is 0 Å². The van der Waals surface area contributed by atoms with Crippen molar-refractivity contribution in [2.45, 2.75) is 32.2 Å². The van der Waals surface area contributed by atoms with E-state index < -0.39 is 12.1 Å². The molecule has 0 atom stereocenters. The number of aliphatic hydroxyl groups excluding tert-OH is 1. The number of halogens is 4. The Balaban J connectivity index is 0.000000345. The number of carboxylic acids is 1. The predicted molar refractivity (Wildman–Crippen MR) is 91.6 cm³/mol. The molecule has 1 saturated heterocycles. The fraction of sp³-hybridized carbons (Fsp3) is 0.533. The minimum Gasteiger partial charge on any atom is -0.475 e. The van der Waals surface area contributed by atoms with Gasteiger partial charge in [0, 0.05) is 19.6 Å². The first kappa shape index (κ1) is 21.8. The molecule has 0 saturated carbocycles. The quantitative estimate of drug-likeness (QED) is 0.765. The van der Waals surface area contributed by atoms with Crippen molar-refractivity contribution in [3.8, 4) is 0 Å². The Morgan fingerprint density at radius 3 is 2.32 bits per heavy atom. The van der Waals surface area contributed by atoms with Gasteiger partial charge >= 0.3 is 12.1 Å². The molecule has 0 amide bonds. The van der Waals surface area contributed by atoms with Crippen molar-refractivity contribution in [3.05, 3.63) is 29.2 Å². The molecule has 3 rings (SSSR count). The lowest BCUT2D eigenvalue weighted by molar-refractivity contribution is -0.192. The third kappa shape index (κ3) is 6.60. The van der Waals surface area contributed by atoms with Crippen LogP contribution in [0.3, 0.4) is 0 Å². The van der Waals surface area contributed by atoms with Gasteiger partial charge in [-0.15, -0.1) is 15.3 Å². The molecule has 1 aliphatic heterocycles. The topological polar surface area (TPSA) is 117 Å². The largest absolute Gasteiger partial charge is 0.490 e. The molecular formula is C15H18ClF3N6O3. The van der Waals surface area contributed by atoms with Crippen LogP contribution < -0.4 is 4.90 Å². The molecule has 2 N–H and O–H groups in total. The van der Waals surface area contributed by atoms with Crippen molar-refractivity contribution in [1.82, 2.24) is 25.2 Å². The predicted octanol–water partition coefficient (Wildman–Crippen LogP) is 1.76. The van der Waals surface area contributed by atoms with E-state index in [0.29, 0.717) is 16.8 Å². The lowest BCUT2D eigenvalue weighted by atomic mass is 9.97. The van der Waals surface area contributed by atoms with Crippen molar-refractivity contribution < 1.29 is 28.2 Å². The fourth-order valence-corrected chi connectivity index (χ4v) is 2.69. The van der Waals surface area contributed by atoms with Crippen LogP contribution in [0.1, 0.15) is 18.5 Å². The zero-order valence-corrected chi connectivity index (χ0v) is 15.3. The molecule has 28 heavy (non-hydrogen) atoms. The van der Waals surface area contributed by atoms with Gasteiger partial charge in [0.05, 0.1) is 12.8 Å². The summed E-state index contributed by atoms with van der Waals surface area (Å²) in [4.78, 5) is 11.1. The number of rotatable bonds is 4. The van der Waals surface area contributed by atoms with Crippen molar-refractivity contribution in [2.24, 2.45) is 5.92 Å². The van der Waals surface area contributed by atoms with Crippen LogP contribution >= 0.6 is 11.6 Å². The molecule has 0 aliphatic carbocycles. The maximum Gasteiger partial charge on any atom is 0.490 e. The second kappa shape index (κ2) is 9.64. The van der Waals surface area contributed by atoms with E-state index in [2.05, 4.69) is 25.4 Å². The van der Waals surface area contributed by atoms with Crippen molar-refractivity contribution in [1.29, 1.82) is 0 Å². The molecule has 2 aromatic rings. The maximum absolute atomic E-state index is 10.6. The Labute approximate surface area is 162 Å². The van der Waals surface area contributed by atoms with Gasteiger partial charge in [-0.1, -0.05) is 16.8 Å². The number of aliphatic hydroxyl groups is 1. The highest BCUT2D eigenvalue weighted by molar-refractivity contribution is 6.29. The molecule has 1 aliphatic rings. The summed E-state index contributed by atoms with van der Waals surface area (Å²) >= 11 is 5.75. The number of hydrogen-bond acceptors (Lipinski definition) is 7. The SMILES string of the molecule is O=C(O)C(F)(F)F.OCc1cn(CC2CCN(c3ccc(Cl)nn3)CC2)nn1. The van der Waals surface area contributed by atoms with Crippen LogP contribution in [0.5, 0.6) is 0 Å². The molecule has 1 fully saturated rings. The molecule has 0 aromatic carbocycles. The van der Waals surface area contributed by atoms with Crippen LogP contribution in [-0.2, 0) is 17.9 Å². The molecule has 0 spiro atoms. The van der Waals surface area contributed by atoms with Gasteiger partial charge < -0.3 is 15.1 Å². The van der Waals surface area contributed by atoms with E-state index in [0.717, 1.165) is 38.3 Å². The van der Waals surface area contributed by atoms with Gasteiger partial charge in [0.2, 0.25) is 0 Å². The van der Waals surface area contributed by atoms with Gasteiger partial charge in [0.1, 0.15) is 5.69 Å². The first-order valence-corrected chi connectivity index (χ1v) is 8.61. The zero-order valence-electron chi connectivity index (χ0n) is 14.5. The average molecular weight is 423 g/mol. The summed E-state index contributed by atoms with van der Waals surface area (Å²) in [5.41, 5.74) is 0.615. The Hall–Kier alpha value is -2.47.